The third-order valence-electron chi connectivity index (χ3n) is 4.26. The molecule has 0 spiro atoms. The second kappa shape index (κ2) is 4.90. The molecular weight excluding hydrogens is 239 g/mol. The molecule has 106 valence electrons. The minimum atomic E-state index is -0.649. The van der Waals surface area contributed by atoms with E-state index in [9.17, 15) is 9.50 Å². The van der Waals surface area contributed by atoms with E-state index in [2.05, 4.69) is 20.8 Å². The molecule has 1 fully saturated rings. The van der Waals surface area contributed by atoms with Crippen LogP contribution in [-0.2, 0) is 6.42 Å². The highest BCUT2D eigenvalue weighted by molar-refractivity contribution is 5.28. The third kappa shape index (κ3) is 3.56. The number of hydrogen-bond acceptors (Lipinski definition) is 1. The summed E-state index contributed by atoms with van der Waals surface area (Å²) in [6, 6.07) is 4.86. The van der Waals surface area contributed by atoms with Crippen molar-refractivity contribution in [3.05, 3.63) is 35.1 Å². The summed E-state index contributed by atoms with van der Waals surface area (Å²) < 4.78 is 13.1. The molecule has 0 heterocycles. The number of benzene rings is 1. The Kier molecular flexibility index (Phi) is 3.74. The fourth-order valence-corrected chi connectivity index (χ4v) is 4.05. The first-order valence-electron chi connectivity index (χ1n) is 7.17. The van der Waals surface area contributed by atoms with Gasteiger partial charge in [0.1, 0.15) is 5.82 Å². The lowest BCUT2D eigenvalue weighted by atomic mass is 9.64. The van der Waals surface area contributed by atoms with E-state index in [0.29, 0.717) is 12.3 Å². The minimum absolute atomic E-state index is 0.181. The van der Waals surface area contributed by atoms with Gasteiger partial charge in [-0.1, -0.05) is 26.8 Å². The van der Waals surface area contributed by atoms with Gasteiger partial charge in [-0.2, -0.15) is 0 Å². The summed E-state index contributed by atoms with van der Waals surface area (Å²) in [6.45, 7) is 8.58. The predicted octanol–water partition coefficient (Wildman–Crippen LogP) is 4.25. The Balaban J connectivity index is 2.21. The van der Waals surface area contributed by atoms with Crippen LogP contribution in [0.1, 0.15) is 51.2 Å². The van der Waals surface area contributed by atoms with Crippen molar-refractivity contribution < 1.29 is 9.50 Å². The van der Waals surface area contributed by atoms with Crippen molar-refractivity contribution in [2.24, 2.45) is 11.3 Å². The number of halogens is 1. The molecule has 1 N–H and O–H groups in total. The number of hydrogen-bond donors (Lipinski definition) is 1. The molecule has 1 saturated carbocycles. The summed E-state index contributed by atoms with van der Waals surface area (Å²) >= 11 is 0. The Hall–Kier alpha value is -0.890. The van der Waals surface area contributed by atoms with Gasteiger partial charge < -0.3 is 5.11 Å². The van der Waals surface area contributed by atoms with Crippen molar-refractivity contribution in [2.45, 2.75) is 59.0 Å². The van der Waals surface area contributed by atoms with Crippen LogP contribution in [0.4, 0.5) is 4.39 Å². The third-order valence-corrected chi connectivity index (χ3v) is 4.26. The first kappa shape index (κ1) is 14.5. The lowest BCUT2D eigenvalue weighted by molar-refractivity contribution is -0.0575. The van der Waals surface area contributed by atoms with Crippen LogP contribution < -0.4 is 0 Å². The Morgan fingerprint density at radius 3 is 2.58 bits per heavy atom. The van der Waals surface area contributed by atoms with Crippen LogP contribution in [0.5, 0.6) is 0 Å². The summed E-state index contributed by atoms with van der Waals surface area (Å²) in [6.07, 6.45) is 3.46. The zero-order valence-electron chi connectivity index (χ0n) is 12.5. The van der Waals surface area contributed by atoms with Gasteiger partial charge in [-0.3, -0.25) is 0 Å². The monoisotopic (exact) mass is 264 g/mol. The van der Waals surface area contributed by atoms with Crippen molar-refractivity contribution in [3.63, 3.8) is 0 Å². The zero-order chi connectivity index (χ0) is 14.3. The summed E-state index contributed by atoms with van der Waals surface area (Å²) in [5.74, 6) is 0.333. The van der Waals surface area contributed by atoms with E-state index in [0.717, 1.165) is 30.4 Å². The van der Waals surface area contributed by atoms with Gasteiger partial charge in [0.25, 0.3) is 0 Å². The average Bonchev–Trinajstić information content (AvgIpc) is 2.18. The van der Waals surface area contributed by atoms with Crippen LogP contribution in [0.3, 0.4) is 0 Å². The van der Waals surface area contributed by atoms with E-state index in [1.165, 1.54) is 6.07 Å². The average molecular weight is 264 g/mol. The fourth-order valence-electron chi connectivity index (χ4n) is 4.05. The van der Waals surface area contributed by atoms with Crippen LogP contribution in [0, 0.1) is 24.1 Å². The maximum atomic E-state index is 13.1. The Bertz CT molecular complexity index is 466. The van der Waals surface area contributed by atoms with E-state index >= 15 is 0 Å². The lowest BCUT2D eigenvalue weighted by Gasteiger charge is -2.45. The van der Waals surface area contributed by atoms with Gasteiger partial charge in [0.05, 0.1) is 5.60 Å². The van der Waals surface area contributed by atoms with Gasteiger partial charge in [-0.05, 0) is 60.8 Å². The van der Waals surface area contributed by atoms with Crippen molar-refractivity contribution in [1.82, 2.24) is 0 Å². The van der Waals surface area contributed by atoms with Gasteiger partial charge in [0.2, 0.25) is 0 Å². The highest BCUT2D eigenvalue weighted by Gasteiger charge is 2.41. The van der Waals surface area contributed by atoms with E-state index < -0.39 is 5.60 Å². The standard InChI is InChI=1S/C17H25FO/c1-12-8-16(3,4)11-17(19,9-12)10-14-5-6-15(18)7-13(14)2/h5-7,12,19H,8-11H2,1-4H3. The Morgan fingerprint density at radius 2 is 2.00 bits per heavy atom. The quantitative estimate of drug-likeness (QED) is 0.846. The van der Waals surface area contributed by atoms with E-state index in [-0.39, 0.29) is 11.2 Å². The molecule has 1 aliphatic carbocycles. The molecular formula is C17H25FO. The SMILES string of the molecule is Cc1cc(F)ccc1CC1(O)CC(C)CC(C)(C)C1. The fraction of sp³-hybridized carbons (Fsp3) is 0.647. The van der Waals surface area contributed by atoms with Crippen LogP contribution in [-0.4, -0.2) is 10.7 Å². The number of rotatable bonds is 2. The summed E-state index contributed by atoms with van der Waals surface area (Å²) in [5.41, 5.74) is 1.53. The molecule has 2 unspecified atom stereocenters. The van der Waals surface area contributed by atoms with Gasteiger partial charge in [-0.15, -0.1) is 0 Å². The van der Waals surface area contributed by atoms with Gasteiger partial charge >= 0.3 is 0 Å². The first-order valence-corrected chi connectivity index (χ1v) is 7.17. The molecule has 1 aromatic carbocycles. The molecule has 19 heavy (non-hydrogen) atoms. The van der Waals surface area contributed by atoms with Gasteiger partial charge in [0.15, 0.2) is 0 Å². The molecule has 0 aromatic heterocycles. The molecule has 1 aliphatic rings. The molecule has 0 saturated heterocycles. The number of aliphatic hydroxyl groups is 1. The highest BCUT2D eigenvalue weighted by Crippen LogP contribution is 2.45. The largest absolute Gasteiger partial charge is 0.390 e. The molecule has 0 amide bonds. The molecule has 2 rings (SSSR count). The smallest absolute Gasteiger partial charge is 0.123 e. The van der Waals surface area contributed by atoms with Crippen molar-refractivity contribution in [3.8, 4) is 0 Å². The molecule has 0 bridgehead atoms. The maximum absolute atomic E-state index is 13.1. The van der Waals surface area contributed by atoms with Crippen LogP contribution in [0.15, 0.2) is 18.2 Å². The minimum Gasteiger partial charge on any atom is -0.390 e. The Labute approximate surface area is 115 Å². The first-order chi connectivity index (χ1) is 8.69. The highest BCUT2D eigenvalue weighted by atomic mass is 19.1. The molecule has 1 aromatic rings. The van der Waals surface area contributed by atoms with E-state index in [1.54, 1.807) is 6.07 Å². The second-order valence-corrected chi connectivity index (χ2v) is 7.33. The zero-order valence-corrected chi connectivity index (χ0v) is 12.5. The normalized spacial score (nSPS) is 30.3. The van der Waals surface area contributed by atoms with Crippen LogP contribution in [0.25, 0.3) is 0 Å². The van der Waals surface area contributed by atoms with Crippen LogP contribution in [0.2, 0.25) is 0 Å². The summed E-state index contributed by atoms with van der Waals surface area (Å²) in [7, 11) is 0. The van der Waals surface area contributed by atoms with E-state index in [4.69, 9.17) is 0 Å². The topological polar surface area (TPSA) is 20.2 Å². The van der Waals surface area contributed by atoms with Crippen molar-refractivity contribution in [2.75, 3.05) is 0 Å². The van der Waals surface area contributed by atoms with Gasteiger partial charge in [0, 0.05) is 6.42 Å². The molecule has 2 atom stereocenters. The maximum Gasteiger partial charge on any atom is 0.123 e. The van der Waals surface area contributed by atoms with Crippen molar-refractivity contribution >= 4 is 0 Å². The molecule has 0 radical (unpaired) electrons. The molecule has 1 nitrogen and oxygen atoms in total. The number of aryl methyl sites for hydroxylation is 1. The summed E-state index contributed by atoms with van der Waals surface area (Å²) in [4.78, 5) is 0. The molecule has 2 heteroatoms. The summed E-state index contributed by atoms with van der Waals surface area (Å²) in [5, 5.41) is 10.9. The van der Waals surface area contributed by atoms with E-state index in [1.807, 2.05) is 13.0 Å². The predicted molar refractivity (Wildman–Crippen MR) is 76.6 cm³/mol. The molecule has 0 aliphatic heterocycles. The second-order valence-electron chi connectivity index (χ2n) is 7.33. The van der Waals surface area contributed by atoms with Gasteiger partial charge in [-0.25, -0.2) is 4.39 Å². The van der Waals surface area contributed by atoms with Crippen LogP contribution >= 0.6 is 0 Å². The van der Waals surface area contributed by atoms with Crippen molar-refractivity contribution in [1.29, 1.82) is 0 Å². The Morgan fingerprint density at radius 1 is 1.32 bits per heavy atom. The lowest BCUT2D eigenvalue weighted by Crippen LogP contribution is -2.43.